The van der Waals surface area contributed by atoms with Crippen molar-refractivity contribution in [3.05, 3.63) is 29.6 Å². The molecule has 0 aromatic carbocycles. The van der Waals surface area contributed by atoms with Crippen LogP contribution >= 0.6 is 0 Å². The van der Waals surface area contributed by atoms with E-state index >= 15 is 0 Å². The number of pyridine rings is 1. The zero-order chi connectivity index (χ0) is 13.0. The zero-order valence-corrected chi connectivity index (χ0v) is 11.1. The lowest BCUT2D eigenvalue weighted by Crippen LogP contribution is -2.43. The lowest BCUT2D eigenvalue weighted by Gasteiger charge is -2.34. The summed E-state index contributed by atoms with van der Waals surface area (Å²) in [4.78, 5) is 16.2. The Labute approximate surface area is 108 Å². The van der Waals surface area contributed by atoms with E-state index in [-0.39, 0.29) is 11.3 Å². The normalized spacial score (nSPS) is 18.3. The second-order valence-corrected chi connectivity index (χ2v) is 5.41. The number of piperidine rings is 1. The average Bonchev–Trinajstić information content (AvgIpc) is 2.37. The summed E-state index contributed by atoms with van der Waals surface area (Å²) in [7, 11) is 0. The van der Waals surface area contributed by atoms with Gasteiger partial charge in [-0.1, -0.05) is 13.0 Å². The maximum Gasteiger partial charge on any atom is 0.269 e. The van der Waals surface area contributed by atoms with Crippen LogP contribution < -0.4 is 10.6 Å². The van der Waals surface area contributed by atoms with Crippen LogP contribution in [0.15, 0.2) is 18.2 Å². The molecule has 2 heterocycles. The molecule has 1 aliphatic rings. The minimum Gasteiger partial charge on any atom is -0.350 e. The zero-order valence-electron chi connectivity index (χ0n) is 11.1. The number of nitrogens with one attached hydrogen (secondary N) is 2. The molecule has 4 heteroatoms. The van der Waals surface area contributed by atoms with Crippen LogP contribution in [0, 0.1) is 12.3 Å². The molecule has 4 nitrogen and oxygen atoms in total. The van der Waals surface area contributed by atoms with Gasteiger partial charge in [0.15, 0.2) is 0 Å². The number of carbonyl (C=O) groups excluding carboxylic acids is 1. The topological polar surface area (TPSA) is 54.0 Å². The predicted molar refractivity (Wildman–Crippen MR) is 71.5 cm³/mol. The lowest BCUT2D eigenvalue weighted by atomic mass is 9.81. The average molecular weight is 247 g/mol. The molecule has 98 valence electrons. The molecule has 0 spiro atoms. The SMILES string of the molecule is Cc1cccc(C(=O)NCC2(C)CCNCC2)n1. The second kappa shape index (κ2) is 5.48. The van der Waals surface area contributed by atoms with Crippen LogP contribution in [-0.2, 0) is 0 Å². The summed E-state index contributed by atoms with van der Waals surface area (Å²) < 4.78 is 0. The van der Waals surface area contributed by atoms with Gasteiger partial charge in [0.2, 0.25) is 0 Å². The van der Waals surface area contributed by atoms with Crippen LogP contribution in [-0.4, -0.2) is 30.5 Å². The molecule has 18 heavy (non-hydrogen) atoms. The van der Waals surface area contributed by atoms with E-state index in [4.69, 9.17) is 0 Å². The monoisotopic (exact) mass is 247 g/mol. The third-order valence-electron chi connectivity index (χ3n) is 3.61. The Morgan fingerprint density at radius 3 is 2.83 bits per heavy atom. The number of hydrogen-bond acceptors (Lipinski definition) is 3. The maximum absolute atomic E-state index is 12.0. The van der Waals surface area contributed by atoms with Gasteiger partial charge in [0.25, 0.3) is 5.91 Å². The van der Waals surface area contributed by atoms with Gasteiger partial charge >= 0.3 is 0 Å². The Bertz CT molecular complexity index is 425. The Hall–Kier alpha value is -1.42. The van der Waals surface area contributed by atoms with Gasteiger partial charge in [0.1, 0.15) is 5.69 Å². The predicted octanol–water partition coefficient (Wildman–Crippen LogP) is 1.51. The molecule has 1 aliphatic heterocycles. The number of nitrogens with zero attached hydrogens (tertiary/aromatic N) is 1. The van der Waals surface area contributed by atoms with Crippen LogP contribution in [0.25, 0.3) is 0 Å². The van der Waals surface area contributed by atoms with Gasteiger partial charge in [0.05, 0.1) is 0 Å². The lowest BCUT2D eigenvalue weighted by molar-refractivity contribution is 0.0917. The summed E-state index contributed by atoms with van der Waals surface area (Å²) in [5.74, 6) is -0.0709. The molecule has 0 radical (unpaired) electrons. The molecule has 2 N–H and O–H groups in total. The van der Waals surface area contributed by atoms with Crippen LogP contribution in [0.2, 0.25) is 0 Å². The Balaban J connectivity index is 1.92. The van der Waals surface area contributed by atoms with Crippen LogP contribution in [0.5, 0.6) is 0 Å². The second-order valence-electron chi connectivity index (χ2n) is 5.41. The van der Waals surface area contributed by atoms with Crippen molar-refractivity contribution < 1.29 is 4.79 Å². The van der Waals surface area contributed by atoms with E-state index in [0.29, 0.717) is 5.69 Å². The van der Waals surface area contributed by atoms with Crippen molar-refractivity contribution in [2.75, 3.05) is 19.6 Å². The van der Waals surface area contributed by atoms with Crippen LogP contribution in [0.4, 0.5) is 0 Å². The number of aryl methyl sites for hydroxylation is 1. The van der Waals surface area contributed by atoms with Gasteiger partial charge < -0.3 is 10.6 Å². The van der Waals surface area contributed by atoms with E-state index in [2.05, 4.69) is 22.5 Å². The molecule has 0 saturated carbocycles. The molecular formula is C14H21N3O. The number of carbonyl (C=O) groups is 1. The molecule has 0 aliphatic carbocycles. The highest BCUT2D eigenvalue weighted by Crippen LogP contribution is 2.26. The first kappa shape index (κ1) is 13.0. The highest BCUT2D eigenvalue weighted by Gasteiger charge is 2.27. The van der Waals surface area contributed by atoms with Gasteiger partial charge in [-0.15, -0.1) is 0 Å². The fourth-order valence-corrected chi connectivity index (χ4v) is 2.26. The molecule has 1 aromatic rings. The molecule has 0 atom stereocenters. The van der Waals surface area contributed by atoms with Gasteiger partial charge in [-0.25, -0.2) is 4.98 Å². The van der Waals surface area contributed by atoms with E-state index in [1.165, 1.54) is 0 Å². The van der Waals surface area contributed by atoms with Crippen molar-refractivity contribution in [3.63, 3.8) is 0 Å². The van der Waals surface area contributed by atoms with E-state index < -0.39 is 0 Å². The quantitative estimate of drug-likeness (QED) is 0.851. The molecule has 0 bridgehead atoms. The first-order valence-corrected chi connectivity index (χ1v) is 6.52. The summed E-state index contributed by atoms with van der Waals surface area (Å²) >= 11 is 0. The largest absolute Gasteiger partial charge is 0.350 e. The molecular weight excluding hydrogens is 226 g/mol. The number of rotatable bonds is 3. The molecule has 2 rings (SSSR count). The van der Waals surface area contributed by atoms with Crippen molar-refractivity contribution in [2.45, 2.75) is 26.7 Å². The van der Waals surface area contributed by atoms with Gasteiger partial charge in [-0.05, 0) is 50.4 Å². The number of hydrogen-bond donors (Lipinski definition) is 2. The molecule has 0 unspecified atom stereocenters. The van der Waals surface area contributed by atoms with Crippen LogP contribution in [0.1, 0.15) is 35.9 Å². The van der Waals surface area contributed by atoms with Gasteiger partial charge in [0, 0.05) is 12.2 Å². The van der Waals surface area contributed by atoms with Crippen molar-refractivity contribution in [3.8, 4) is 0 Å². The first-order valence-electron chi connectivity index (χ1n) is 6.52. The van der Waals surface area contributed by atoms with E-state index in [0.717, 1.165) is 38.2 Å². The summed E-state index contributed by atoms with van der Waals surface area (Å²) in [6, 6.07) is 5.52. The van der Waals surface area contributed by atoms with E-state index in [1.54, 1.807) is 6.07 Å². The summed E-state index contributed by atoms with van der Waals surface area (Å²) in [5.41, 5.74) is 1.59. The smallest absolute Gasteiger partial charge is 0.269 e. The van der Waals surface area contributed by atoms with Crippen LogP contribution in [0.3, 0.4) is 0 Å². The van der Waals surface area contributed by atoms with Crippen molar-refractivity contribution >= 4 is 5.91 Å². The molecule has 1 fully saturated rings. The number of aromatic nitrogens is 1. The highest BCUT2D eigenvalue weighted by molar-refractivity contribution is 5.92. The number of amides is 1. The maximum atomic E-state index is 12.0. The third kappa shape index (κ3) is 3.29. The standard InChI is InChI=1S/C14H21N3O/c1-11-4-3-5-12(17-11)13(18)16-10-14(2)6-8-15-9-7-14/h3-5,15H,6-10H2,1-2H3,(H,16,18). The summed E-state index contributed by atoms with van der Waals surface area (Å²) in [5, 5.41) is 6.35. The Morgan fingerprint density at radius 2 is 2.17 bits per heavy atom. The Kier molecular flexibility index (Phi) is 3.97. The van der Waals surface area contributed by atoms with E-state index in [9.17, 15) is 4.79 Å². The van der Waals surface area contributed by atoms with Crippen molar-refractivity contribution in [1.82, 2.24) is 15.6 Å². The first-order chi connectivity index (χ1) is 8.59. The third-order valence-corrected chi connectivity index (χ3v) is 3.61. The van der Waals surface area contributed by atoms with Crippen molar-refractivity contribution in [2.24, 2.45) is 5.41 Å². The minimum absolute atomic E-state index is 0.0709. The van der Waals surface area contributed by atoms with Crippen molar-refractivity contribution in [1.29, 1.82) is 0 Å². The molecule has 1 aromatic heterocycles. The van der Waals surface area contributed by atoms with Gasteiger partial charge in [-0.3, -0.25) is 4.79 Å². The van der Waals surface area contributed by atoms with Gasteiger partial charge in [-0.2, -0.15) is 0 Å². The summed E-state index contributed by atoms with van der Waals surface area (Å²) in [6.07, 6.45) is 2.21. The minimum atomic E-state index is -0.0709. The highest BCUT2D eigenvalue weighted by atomic mass is 16.1. The molecule has 1 saturated heterocycles. The fourth-order valence-electron chi connectivity index (χ4n) is 2.26. The van der Waals surface area contributed by atoms with E-state index in [1.807, 2.05) is 19.1 Å². The molecule has 1 amide bonds. The Morgan fingerprint density at radius 1 is 1.44 bits per heavy atom. The fraction of sp³-hybridized carbons (Fsp3) is 0.571. The summed E-state index contributed by atoms with van der Waals surface area (Å²) in [6.45, 7) is 6.93.